The molecule has 142 valence electrons. The van der Waals surface area contributed by atoms with Gasteiger partial charge in [0.25, 0.3) is 5.56 Å². The average Bonchev–Trinajstić information content (AvgIpc) is 3.16. The molecule has 3 rings (SSSR count). The van der Waals surface area contributed by atoms with Crippen LogP contribution in [0.4, 0.5) is 4.79 Å². The molecular weight excluding hydrogens is 356 g/mol. The summed E-state index contributed by atoms with van der Waals surface area (Å²) in [6.45, 7) is 7.95. The number of carbonyl (C=O) groups is 1. The van der Waals surface area contributed by atoms with Crippen LogP contribution in [0.15, 0.2) is 9.59 Å². The monoisotopic (exact) mass is 380 g/mol. The van der Waals surface area contributed by atoms with Crippen LogP contribution in [0.5, 0.6) is 0 Å². The van der Waals surface area contributed by atoms with Gasteiger partial charge in [-0.05, 0) is 26.3 Å². The summed E-state index contributed by atoms with van der Waals surface area (Å²) in [5.74, 6) is 0. The van der Waals surface area contributed by atoms with Crippen LogP contribution in [0.1, 0.15) is 24.3 Å². The molecule has 1 aliphatic rings. The number of amides is 2. The molecule has 9 heteroatoms. The summed E-state index contributed by atoms with van der Waals surface area (Å²) in [6.07, 6.45) is -0.158. The number of nitrogens with one attached hydrogen (secondary N) is 1. The zero-order valence-corrected chi connectivity index (χ0v) is 16.3. The number of aromatic nitrogens is 2. The van der Waals surface area contributed by atoms with E-state index < -0.39 is 0 Å². The number of aryl methyl sites for hydroxylation is 1. The van der Waals surface area contributed by atoms with Gasteiger partial charge in [-0.2, -0.15) is 0 Å². The van der Waals surface area contributed by atoms with Crippen LogP contribution < -0.4 is 16.6 Å². The molecule has 0 aromatic carbocycles. The highest BCUT2D eigenvalue weighted by molar-refractivity contribution is 7.18. The Bertz CT molecular complexity index is 958. The van der Waals surface area contributed by atoms with Gasteiger partial charge in [0.1, 0.15) is 4.83 Å². The number of hydrogen-bond donors (Lipinski definition) is 1. The summed E-state index contributed by atoms with van der Waals surface area (Å²) < 4.78 is 8.20. The summed E-state index contributed by atoms with van der Waals surface area (Å²) in [4.78, 5) is 40.8. The number of hydrogen-bond acceptors (Lipinski definition) is 5. The fourth-order valence-corrected chi connectivity index (χ4v) is 4.51. The van der Waals surface area contributed by atoms with Gasteiger partial charge in [0.05, 0.1) is 24.6 Å². The van der Waals surface area contributed by atoms with Gasteiger partial charge in [-0.1, -0.05) is 0 Å². The lowest BCUT2D eigenvalue weighted by Crippen LogP contribution is -2.40. The fraction of sp³-hybridized carbons (Fsp3) is 0.588. The van der Waals surface area contributed by atoms with E-state index in [0.717, 1.165) is 10.4 Å². The smallest absolute Gasteiger partial charge is 0.332 e. The molecule has 26 heavy (non-hydrogen) atoms. The highest BCUT2D eigenvalue weighted by Crippen LogP contribution is 2.29. The van der Waals surface area contributed by atoms with Crippen molar-refractivity contribution >= 4 is 27.6 Å². The fourth-order valence-electron chi connectivity index (χ4n) is 3.20. The Morgan fingerprint density at radius 2 is 2.00 bits per heavy atom. The molecule has 0 spiro atoms. The third-order valence-corrected chi connectivity index (χ3v) is 6.13. The quantitative estimate of drug-likeness (QED) is 0.814. The van der Waals surface area contributed by atoms with Gasteiger partial charge >= 0.3 is 11.7 Å². The van der Waals surface area contributed by atoms with Gasteiger partial charge in [-0.3, -0.25) is 13.9 Å². The molecule has 1 fully saturated rings. The zero-order valence-electron chi connectivity index (χ0n) is 15.5. The number of rotatable bonds is 6. The Balaban J connectivity index is 2.19. The lowest BCUT2D eigenvalue weighted by molar-refractivity contribution is 0.103. The Kier molecular flexibility index (Phi) is 5.19. The van der Waals surface area contributed by atoms with E-state index in [1.165, 1.54) is 15.9 Å². The summed E-state index contributed by atoms with van der Waals surface area (Å²) in [5, 5.41) is 3.35. The van der Waals surface area contributed by atoms with Crippen LogP contribution in [0.3, 0.4) is 0 Å². The predicted molar refractivity (Wildman–Crippen MR) is 101 cm³/mol. The van der Waals surface area contributed by atoms with Crippen molar-refractivity contribution in [1.29, 1.82) is 0 Å². The second-order valence-electron chi connectivity index (χ2n) is 6.47. The minimum absolute atomic E-state index is 0.0989. The molecule has 2 aromatic heterocycles. The molecule has 3 heterocycles. The first-order chi connectivity index (χ1) is 12.4. The number of nitrogens with zero attached hydrogens (tertiary/aromatic N) is 3. The molecule has 1 unspecified atom stereocenters. The minimum atomic E-state index is -0.319. The molecule has 0 saturated carbocycles. The molecule has 2 aromatic rings. The molecule has 2 amide bonds. The van der Waals surface area contributed by atoms with Crippen molar-refractivity contribution in [3.63, 3.8) is 0 Å². The summed E-state index contributed by atoms with van der Waals surface area (Å²) in [6, 6.07) is -0.0989. The van der Waals surface area contributed by atoms with Gasteiger partial charge in [0.15, 0.2) is 0 Å². The van der Waals surface area contributed by atoms with Crippen molar-refractivity contribution in [3.05, 3.63) is 31.3 Å². The highest BCUT2D eigenvalue weighted by Gasteiger charge is 2.24. The Morgan fingerprint density at radius 3 is 2.58 bits per heavy atom. The molecule has 1 saturated heterocycles. The van der Waals surface area contributed by atoms with E-state index in [4.69, 9.17) is 4.74 Å². The van der Waals surface area contributed by atoms with Gasteiger partial charge in [-0.25, -0.2) is 9.59 Å². The van der Waals surface area contributed by atoms with E-state index in [1.54, 1.807) is 23.5 Å². The molecule has 8 nitrogen and oxygen atoms in total. The topological polar surface area (TPSA) is 85.6 Å². The maximum absolute atomic E-state index is 12.9. The standard InChI is InChI=1S/C17H24N4O4S/c1-5-20-14(22)13-11(3)12(9-19-7-6-18-16(19)23)26-15(13)21(17(20)24)8-10(2)25-4/h10H,5-9H2,1-4H3,(H,18,23). The predicted octanol–water partition coefficient (Wildman–Crippen LogP) is 1.11. The summed E-state index contributed by atoms with van der Waals surface area (Å²) in [5.41, 5.74) is 0.260. The molecule has 1 N–H and O–H groups in total. The first kappa shape index (κ1) is 18.7. The van der Waals surface area contributed by atoms with Gasteiger partial charge in [0, 0.05) is 31.6 Å². The lowest BCUT2D eigenvalue weighted by Gasteiger charge is -2.14. The molecule has 0 bridgehead atoms. The number of fused-ring (bicyclic) bond motifs is 1. The van der Waals surface area contributed by atoms with Gasteiger partial charge < -0.3 is 15.0 Å². The Morgan fingerprint density at radius 1 is 1.27 bits per heavy atom. The van der Waals surface area contributed by atoms with Crippen molar-refractivity contribution in [3.8, 4) is 0 Å². The zero-order chi connectivity index (χ0) is 19.0. The molecule has 1 aliphatic heterocycles. The molecule has 0 aliphatic carbocycles. The van der Waals surface area contributed by atoms with Gasteiger partial charge in [-0.15, -0.1) is 11.3 Å². The van der Waals surface area contributed by atoms with E-state index in [-0.39, 0.29) is 23.4 Å². The number of carbonyl (C=O) groups excluding carboxylic acids is 1. The Hall–Kier alpha value is -2.13. The van der Waals surface area contributed by atoms with Crippen molar-refractivity contribution in [1.82, 2.24) is 19.4 Å². The summed E-state index contributed by atoms with van der Waals surface area (Å²) in [7, 11) is 1.60. The third-order valence-electron chi connectivity index (χ3n) is 4.83. The maximum atomic E-state index is 12.9. The number of urea groups is 1. The largest absolute Gasteiger partial charge is 0.380 e. The summed E-state index contributed by atoms with van der Waals surface area (Å²) >= 11 is 1.41. The SMILES string of the molecule is CCn1c(=O)c2c(C)c(CN3CCNC3=O)sc2n(CC(C)OC)c1=O. The van der Waals surface area contributed by atoms with E-state index >= 15 is 0 Å². The van der Waals surface area contributed by atoms with Crippen LogP contribution in [-0.4, -0.2) is 46.4 Å². The number of methoxy groups -OCH3 is 1. The average molecular weight is 380 g/mol. The minimum Gasteiger partial charge on any atom is -0.380 e. The number of thiophene rings is 1. The van der Waals surface area contributed by atoms with Crippen LogP contribution in [0.2, 0.25) is 0 Å². The van der Waals surface area contributed by atoms with E-state index in [2.05, 4.69) is 5.32 Å². The normalized spacial score (nSPS) is 15.7. The van der Waals surface area contributed by atoms with Crippen LogP contribution >= 0.6 is 11.3 Å². The second-order valence-corrected chi connectivity index (χ2v) is 7.56. The first-order valence-corrected chi connectivity index (χ1v) is 9.51. The second kappa shape index (κ2) is 7.24. The van der Waals surface area contributed by atoms with Gasteiger partial charge in [0.2, 0.25) is 0 Å². The lowest BCUT2D eigenvalue weighted by atomic mass is 10.2. The van der Waals surface area contributed by atoms with E-state index in [0.29, 0.717) is 42.9 Å². The number of ether oxygens (including phenoxy) is 1. The van der Waals surface area contributed by atoms with Crippen molar-refractivity contribution in [2.45, 2.75) is 46.5 Å². The van der Waals surface area contributed by atoms with E-state index in [9.17, 15) is 14.4 Å². The van der Waals surface area contributed by atoms with E-state index in [1.807, 2.05) is 13.8 Å². The molecule has 1 atom stereocenters. The van der Waals surface area contributed by atoms with Crippen LogP contribution in [0, 0.1) is 6.92 Å². The molecular formula is C17H24N4O4S. The van der Waals surface area contributed by atoms with Crippen molar-refractivity contribution in [2.75, 3.05) is 20.2 Å². The maximum Gasteiger partial charge on any atom is 0.332 e. The molecule has 0 radical (unpaired) electrons. The first-order valence-electron chi connectivity index (χ1n) is 8.70. The third kappa shape index (κ3) is 3.05. The Labute approximate surface area is 155 Å². The highest BCUT2D eigenvalue weighted by atomic mass is 32.1. The van der Waals surface area contributed by atoms with Crippen LogP contribution in [-0.2, 0) is 24.4 Å². The van der Waals surface area contributed by atoms with Crippen molar-refractivity contribution < 1.29 is 9.53 Å². The van der Waals surface area contributed by atoms with Crippen molar-refractivity contribution in [2.24, 2.45) is 0 Å². The van der Waals surface area contributed by atoms with Crippen LogP contribution in [0.25, 0.3) is 10.2 Å².